The predicted molar refractivity (Wildman–Crippen MR) is 121 cm³/mol. The molecule has 2 heterocycles. The van der Waals surface area contributed by atoms with E-state index in [9.17, 15) is 4.79 Å². The van der Waals surface area contributed by atoms with E-state index in [4.69, 9.17) is 5.41 Å². The minimum absolute atomic E-state index is 0.0507. The van der Waals surface area contributed by atoms with E-state index in [1.165, 1.54) is 5.56 Å². The van der Waals surface area contributed by atoms with Crippen molar-refractivity contribution in [1.29, 1.82) is 5.41 Å². The van der Waals surface area contributed by atoms with Gasteiger partial charge >= 0.3 is 0 Å². The molecule has 152 valence electrons. The van der Waals surface area contributed by atoms with Crippen LogP contribution in [0.15, 0.2) is 79.1 Å². The van der Waals surface area contributed by atoms with Crippen molar-refractivity contribution in [1.82, 2.24) is 9.88 Å². The van der Waals surface area contributed by atoms with Crippen molar-refractivity contribution in [3.05, 3.63) is 90.3 Å². The number of nitrogens with zero attached hydrogens (tertiary/aromatic N) is 2. The third-order valence-electron chi connectivity index (χ3n) is 6.05. The summed E-state index contributed by atoms with van der Waals surface area (Å²) in [6.07, 6.45) is 5.03. The highest BCUT2D eigenvalue weighted by Gasteiger charge is 2.39. The van der Waals surface area contributed by atoms with Gasteiger partial charge in [0.05, 0.1) is 0 Å². The number of hydrogen-bond donors (Lipinski definition) is 2. The van der Waals surface area contributed by atoms with Crippen LogP contribution in [-0.2, 0) is 5.41 Å². The molecule has 1 amide bonds. The van der Waals surface area contributed by atoms with Crippen LogP contribution in [0.1, 0.15) is 35.7 Å². The van der Waals surface area contributed by atoms with Crippen LogP contribution in [-0.4, -0.2) is 34.6 Å². The summed E-state index contributed by atoms with van der Waals surface area (Å²) < 4.78 is 0. The lowest BCUT2D eigenvalue weighted by molar-refractivity contribution is 0.0695. The number of carbonyl (C=O) groups is 1. The Morgan fingerprint density at radius 3 is 2.13 bits per heavy atom. The van der Waals surface area contributed by atoms with Gasteiger partial charge in [-0.15, -0.1) is 0 Å². The van der Waals surface area contributed by atoms with Crippen LogP contribution in [0.3, 0.4) is 0 Å². The maximum atomic E-state index is 13.0. The summed E-state index contributed by atoms with van der Waals surface area (Å²) in [5.41, 5.74) is 4.16. The Balaban J connectivity index is 1.43. The highest BCUT2D eigenvalue weighted by molar-refractivity contribution is 5.95. The third-order valence-corrected chi connectivity index (χ3v) is 6.05. The van der Waals surface area contributed by atoms with Crippen molar-refractivity contribution < 1.29 is 4.79 Å². The molecule has 4 rings (SSSR count). The molecule has 1 aromatic heterocycles. The standard InChI is InChI=1S/C25H26N4O/c1-19(26)25(21-5-3-2-4-6-21)13-17-29(18-14-25)24(30)20-7-9-22(10-8-20)28-23-11-15-27-16-12-23/h2-12,15-16,26H,13-14,17-18H2,1H3,(H,27,28). The summed E-state index contributed by atoms with van der Waals surface area (Å²) in [6, 6.07) is 21.6. The molecule has 1 aliphatic rings. The van der Waals surface area contributed by atoms with Crippen LogP contribution in [0.25, 0.3) is 0 Å². The number of hydrogen-bond acceptors (Lipinski definition) is 4. The average Bonchev–Trinajstić information content (AvgIpc) is 2.80. The number of amides is 1. The van der Waals surface area contributed by atoms with E-state index < -0.39 is 0 Å². The topological polar surface area (TPSA) is 69.1 Å². The average molecular weight is 399 g/mol. The van der Waals surface area contributed by atoms with Crippen LogP contribution in [0.5, 0.6) is 0 Å². The Morgan fingerprint density at radius 2 is 1.53 bits per heavy atom. The van der Waals surface area contributed by atoms with E-state index in [1.807, 2.05) is 66.4 Å². The quantitative estimate of drug-likeness (QED) is 0.592. The Morgan fingerprint density at radius 1 is 0.933 bits per heavy atom. The lowest BCUT2D eigenvalue weighted by atomic mass is 9.69. The molecule has 5 heteroatoms. The molecule has 2 aromatic carbocycles. The molecular formula is C25H26N4O. The second kappa shape index (κ2) is 8.49. The minimum atomic E-state index is -0.268. The van der Waals surface area contributed by atoms with Gasteiger partial charge < -0.3 is 15.6 Å². The van der Waals surface area contributed by atoms with Crippen LogP contribution in [0.2, 0.25) is 0 Å². The molecule has 0 saturated carbocycles. The zero-order valence-electron chi connectivity index (χ0n) is 17.1. The molecule has 0 unspecified atom stereocenters. The fraction of sp³-hybridized carbons (Fsp3) is 0.240. The Hall–Kier alpha value is -3.47. The van der Waals surface area contributed by atoms with Crippen molar-refractivity contribution in [2.45, 2.75) is 25.2 Å². The van der Waals surface area contributed by atoms with Gasteiger partial charge in [-0.3, -0.25) is 9.78 Å². The normalized spacial score (nSPS) is 15.4. The largest absolute Gasteiger partial charge is 0.355 e. The summed E-state index contributed by atoms with van der Waals surface area (Å²) in [6.45, 7) is 3.20. The number of pyridine rings is 1. The van der Waals surface area contributed by atoms with E-state index in [-0.39, 0.29) is 11.3 Å². The van der Waals surface area contributed by atoms with Crippen LogP contribution >= 0.6 is 0 Å². The molecule has 0 radical (unpaired) electrons. The Kier molecular flexibility index (Phi) is 5.61. The number of benzene rings is 2. The fourth-order valence-electron chi connectivity index (χ4n) is 4.21. The number of piperidine rings is 1. The zero-order chi connectivity index (χ0) is 21.0. The van der Waals surface area contributed by atoms with Crippen LogP contribution in [0.4, 0.5) is 11.4 Å². The zero-order valence-corrected chi connectivity index (χ0v) is 17.1. The first kappa shape index (κ1) is 19.8. The van der Waals surface area contributed by atoms with Gasteiger partial charge in [-0.1, -0.05) is 30.3 Å². The van der Waals surface area contributed by atoms with Crippen molar-refractivity contribution in [2.75, 3.05) is 18.4 Å². The van der Waals surface area contributed by atoms with E-state index in [1.54, 1.807) is 12.4 Å². The smallest absolute Gasteiger partial charge is 0.253 e. The first-order valence-electron chi connectivity index (χ1n) is 10.3. The van der Waals surface area contributed by atoms with Gasteiger partial charge in [0.2, 0.25) is 0 Å². The number of rotatable bonds is 5. The van der Waals surface area contributed by atoms with Gasteiger partial charge in [-0.05, 0) is 61.7 Å². The van der Waals surface area contributed by atoms with E-state index in [0.717, 1.165) is 24.2 Å². The highest BCUT2D eigenvalue weighted by Crippen LogP contribution is 2.37. The molecular weight excluding hydrogens is 372 g/mol. The molecule has 0 atom stereocenters. The molecule has 1 aliphatic heterocycles. The first-order chi connectivity index (χ1) is 14.6. The number of likely N-dealkylation sites (tertiary alicyclic amines) is 1. The predicted octanol–water partition coefficient (Wildman–Crippen LogP) is 5.04. The van der Waals surface area contributed by atoms with E-state index in [0.29, 0.717) is 24.4 Å². The molecule has 0 bridgehead atoms. The van der Waals surface area contributed by atoms with Gasteiger partial charge in [0.15, 0.2) is 0 Å². The van der Waals surface area contributed by atoms with E-state index >= 15 is 0 Å². The minimum Gasteiger partial charge on any atom is -0.355 e. The van der Waals surface area contributed by atoms with Gasteiger partial charge in [-0.2, -0.15) is 0 Å². The fourth-order valence-corrected chi connectivity index (χ4v) is 4.21. The van der Waals surface area contributed by atoms with E-state index in [2.05, 4.69) is 22.4 Å². The number of carbonyl (C=O) groups excluding carboxylic acids is 1. The maximum absolute atomic E-state index is 13.0. The second-order valence-corrected chi connectivity index (χ2v) is 7.80. The number of anilines is 2. The molecule has 30 heavy (non-hydrogen) atoms. The first-order valence-corrected chi connectivity index (χ1v) is 10.3. The molecule has 0 spiro atoms. The Bertz CT molecular complexity index is 1010. The van der Waals surface area contributed by atoms with Crippen molar-refractivity contribution in [3.8, 4) is 0 Å². The number of nitrogens with one attached hydrogen (secondary N) is 2. The molecule has 1 fully saturated rings. The highest BCUT2D eigenvalue weighted by atomic mass is 16.2. The summed E-state index contributed by atoms with van der Waals surface area (Å²) in [7, 11) is 0. The monoisotopic (exact) mass is 398 g/mol. The van der Waals surface area contributed by atoms with Gasteiger partial charge in [-0.25, -0.2) is 0 Å². The second-order valence-electron chi connectivity index (χ2n) is 7.80. The van der Waals surface area contributed by atoms with Crippen LogP contribution in [0, 0.1) is 5.41 Å². The van der Waals surface area contributed by atoms with Crippen molar-refractivity contribution in [2.24, 2.45) is 0 Å². The maximum Gasteiger partial charge on any atom is 0.253 e. The van der Waals surface area contributed by atoms with Gasteiger partial charge in [0.1, 0.15) is 0 Å². The molecule has 2 N–H and O–H groups in total. The van der Waals surface area contributed by atoms with Crippen molar-refractivity contribution >= 4 is 23.0 Å². The molecule has 3 aromatic rings. The molecule has 1 saturated heterocycles. The lowest BCUT2D eigenvalue weighted by Crippen LogP contribution is -2.48. The lowest BCUT2D eigenvalue weighted by Gasteiger charge is -2.42. The summed E-state index contributed by atoms with van der Waals surface area (Å²) in [4.78, 5) is 19.0. The Labute approximate surface area is 177 Å². The summed E-state index contributed by atoms with van der Waals surface area (Å²) in [5.74, 6) is 0.0507. The number of aromatic nitrogens is 1. The SMILES string of the molecule is CC(=N)C1(c2ccccc2)CCN(C(=O)c2ccc(Nc3ccncc3)cc2)CC1. The summed E-state index contributed by atoms with van der Waals surface area (Å²) in [5, 5.41) is 11.7. The van der Waals surface area contributed by atoms with Crippen LogP contribution < -0.4 is 5.32 Å². The van der Waals surface area contributed by atoms with Gasteiger partial charge in [0.25, 0.3) is 5.91 Å². The molecule has 5 nitrogen and oxygen atoms in total. The third kappa shape index (κ3) is 3.96. The molecule has 0 aliphatic carbocycles. The van der Waals surface area contributed by atoms with Crippen molar-refractivity contribution in [3.63, 3.8) is 0 Å². The van der Waals surface area contributed by atoms with Gasteiger partial charge in [0, 0.05) is 53.5 Å². The summed E-state index contributed by atoms with van der Waals surface area (Å²) >= 11 is 0.